The first-order valence-electron chi connectivity index (χ1n) is 5.47. The Kier molecular flexibility index (Phi) is 4.47. The molecule has 2 heteroatoms. The van der Waals surface area contributed by atoms with Crippen LogP contribution in [0.3, 0.4) is 0 Å². The zero-order valence-corrected chi connectivity index (χ0v) is 9.99. The third-order valence-corrected chi connectivity index (χ3v) is 1.76. The Bertz CT molecular complexity index is 292. The molecule has 0 unspecified atom stereocenters. The molecule has 0 fully saturated rings. The lowest BCUT2D eigenvalue weighted by molar-refractivity contribution is 0.237. The van der Waals surface area contributed by atoms with Gasteiger partial charge in [-0.05, 0) is 31.9 Å². The molecule has 0 N–H and O–H groups in total. The zero-order valence-electron chi connectivity index (χ0n) is 9.99. The van der Waals surface area contributed by atoms with Gasteiger partial charge in [0.15, 0.2) is 0 Å². The molecule has 0 aliphatic heterocycles. The minimum Gasteiger partial charge on any atom is -0.493 e. The van der Waals surface area contributed by atoms with Gasteiger partial charge >= 0.3 is 0 Å². The molecular weight excluding hydrogens is 188 g/mol. The number of ether oxygens (including phenoxy) is 2. The molecular formula is C13H20O2. The van der Waals surface area contributed by atoms with E-state index in [1.54, 1.807) is 0 Å². The number of rotatable bonds is 5. The summed E-state index contributed by atoms with van der Waals surface area (Å²) in [6, 6.07) is 7.79. The molecule has 1 rings (SSSR count). The van der Waals surface area contributed by atoms with E-state index in [2.05, 4.69) is 13.8 Å². The summed E-state index contributed by atoms with van der Waals surface area (Å²) in [6.45, 7) is 9.04. The van der Waals surface area contributed by atoms with Gasteiger partial charge in [0.1, 0.15) is 11.5 Å². The van der Waals surface area contributed by atoms with Crippen LogP contribution in [0.1, 0.15) is 27.7 Å². The van der Waals surface area contributed by atoms with E-state index in [9.17, 15) is 0 Å². The maximum Gasteiger partial charge on any atom is 0.123 e. The van der Waals surface area contributed by atoms with Crippen molar-refractivity contribution in [3.63, 3.8) is 0 Å². The van der Waals surface area contributed by atoms with Crippen molar-refractivity contribution in [2.45, 2.75) is 33.8 Å². The molecule has 0 aromatic heterocycles. The Hall–Kier alpha value is -1.18. The van der Waals surface area contributed by atoms with Crippen LogP contribution in [0.4, 0.5) is 0 Å². The van der Waals surface area contributed by atoms with E-state index in [1.807, 2.05) is 38.1 Å². The standard InChI is InChI=1S/C13H20O2/c1-10(2)9-14-12-6-5-7-13(8-12)15-11(3)4/h5-8,10-11H,9H2,1-4H3. The Labute approximate surface area is 92.2 Å². The zero-order chi connectivity index (χ0) is 11.3. The van der Waals surface area contributed by atoms with Crippen LogP contribution < -0.4 is 9.47 Å². The van der Waals surface area contributed by atoms with E-state index in [0.717, 1.165) is 18.1 Å². The third kappa shape index (κ3) is 4.73. The van der Waals surface area contributed by atoms with Crippen molar-refractivity contribution < 1.29 is 9.47 Å². The Morgan fingerprint density at radius 1 is 1.07 bits per heavy atom. The number of hydrogen-bond acceptors (Lipinski definition) is 2. The van der Waals surface area contributed by atoms with E-state index in [-0.39, 0.29) is 6.10 Å². The fraction of sp³-hybridized carbons (Fsp3) is 0.538. The second kappa shape index (κ2) is 5.64. The van der Waals surface area contributed by atoms with E-state index >= 15 is 0 Å². The summed E-state index contributed by atoms with van der Waals surface area (Å²) in [5.74, 6) is 2.28. The van der Waals surface area contributed by atoms with Crippen molar-refractivity contribution in [3.05, 3.63) is 24.3 Å². The molecule has 1 aromatic carbocycles. The minimum atomic E-state index is 0.199. The highest BCUT2D eigenvalue weighted by Gasteiger charge is 2.01. The van der Waals surface area contributed by atoms with Gasteiger partial charge < -0.3 is 9.47 Å². The summed E-state index contributed by atoms with van der Waals surface area (Å²) >= 11 is 0. The maximum absolute atomic E-state index is 5.61. The molecule has 1 aromatic rings. The van der Waals surface area contributed by atoms with Crippen LogP contribution in [-0.4, -0.2) is 12.7 Å². The molecule has 15 heavy (non-hydrogen) atoms. The van der Waals surface area contributed by atoms with Crippen LogP contribution in [0.5, 0.6) is 11.5 Å². The van der Waals surface area contributed by atoms with Crippen molar-refractivity contribution >= 4 is 0 Å². The Balaban J connectivity index is 2.57. The molecule has 0 atom stereocenters. The average Bonchev–Trinajstić information content (AvgIpc) is 2.14. The molecule has 0 aliphatic rings. The fourth-order valence-electron chi connectivity index (χ4n) is 1.17. The molecule has 0 heterocycles. The first kappa shape index (κ1) is 11.9. The van der Waals surface area contributed by atoms with E-state index in [4.69, 9.17) is 9.47 Å². The van der Waals surface area contributed by atoms with Crippen molar-refractivity contribution in [2.24, 2.45) is 5.92 Å². The quantitative estimate of drug-likeness (QED) is 0.737. The van der Waals surface area contributed by atoms with Crippen LogP contribution in [0, 0.1) is 5.92 Å². The van der Waals surface area contributed by atoms with Gasteiger partial charge in [-0.1, -0.05) is 19.9 Å². The summed E-state index contributed by atoms with van der Waals surface area (Å²) < 4.78 is 11.2. The van der Waals surface area contributed by atoms with E-state index in [1.165, 1.54) is 0 Å². The molecule has 0 spiro atoms. The van der Waals surface area contributed by atoms with Crippen molar-refractivity contribution in [1.82, 2.24) is 0 Å². The van der Waals surface area contributed by atoms with E-state index in [0.29, 0.717) is 5.92 Å². The lowest BCUT2D eigenvalue weighted by atomic mass is 10.2. The molecule has 0 saturated carbocycles. The lowest BCUT2D eigenvalue weighted by Gasteiger charge is -2.12. The van der Waals surface area contributed by atoms with Crippen LogP contribution in [-0.2, 0) is 0 Å². The first-order valence-corrected chi connectivity index (χ1v) is 5.47. The molecule has 2 nitrogen and oxygen atoms in total. The summed E-state index contributed by atoms with van der Waals surface area (Å²) in [5, 5.41) is 0. The van der Waals surface area contributed by atoms with Crippen molar-refractivity contribution in [3.8, 4) is 11.5 Å². The Morgan fingerprint density at radius 2 is 1.73 bits per heavy atom. The topological polar surface area (TPSA) is 18.5 Å². The van der Waals surface area contributed by atoms with Gasteiger partial charge in [0.25, 0.3) is 0 Å². The molecule has 0 radical (unpaired) electrons. The average molecular weight is 208 g/mol. The molecule has 0 amide bonds. The van der Waals surface area contributed by atoms with Gasteiger partial charge in [0.05, 0.1) is 12.7 Å². The molecule has 0 bridgehead atoms. The van der Waals surface area contributed by atoms with Gasteiger partial charge in [-0.2, -0.15) is 0 Å². The van der Waals surface area contributed by atoms with Crippen molar-refractivity contribution in [1.29, 1.82) is 0 Å². The molecule has 0 saturated heterocycles. The second-order valence-corrected chi connectivity index (χ2v) is 4.35. The van der Waals surface area contributed by atoms with Crippen LogP contribution >= 0.6 is 0 Å². The Morgan fingerprint density at radius 3 is 2.33 bits per heavy atom. The SMILES string of the molecule is CC(C)COc1cccc(OC(C)C)c1. The predicted octanol–water partition coefficient (Wildman–Crippen LogP) is 3.51. The second-order valence-electron chi connectivity index (χ2n) is 4.35. The summed E-state index contributed by atoms with van der Waals surface area (Å²) in [6.07, 6.45) is 0.199. The summed E-state index contributed by atoms with van der Waals surface area (Å²) in [5.41, 5.74) is 0. The third-order valence-electron chi connectivity index (χ3n) is 1.76. The molecule has 0 aliphatic carbocycles. The number of benzene rings is 1. The van der Waals surface area contributed by atoms with Crippen LogP contribution in [0.25, 0.3) is 0 Å². The van der Waals surface area contributed by atoms with Gasteiger partial charge in [-0.3, -0.25) is 0 Å². The summed E-state index contributed by atoms with van der Waals surface area (Å²) in [7, 11) is 0. The predicted molar refractivity (Wildman–Crippen MR) is 62.5 cm³/mol. The van der Waals surface area contributed by atoms with Crippen LogP contribution in [0.2, 0.25) is 0 Å². The monoisotopic (exact) mass is 208 g/mol. The van der Waals surface area contributed by atoms with Gasteiger partial charge in [0, 0.05) is 6.07 Å². The highest BCUT2D eigenvalue weighted by Crippen LogP contribution is 2.20. The highest BCUT2D eigenvalue weighted by molar-refractivity contribution is 5.33. The van der Waals surface area contributed by atoms with Crippen molar-refractivity contribution in [2.75, 3.05) is 6.61 Å². The molecule has 84 valence electrons. The lowest BCUT2D eigenvalue weighted by Crippen LogP contribution is -2.07. The van der Waals surface area contributed by atoms with Gasteiger partial charge in [-0.25, -0.2) is 0 Å². The number of hydrogen-bond donors (Lipinski definition) is 0. The fourth-order valence-corrected chi connectivity index (χ4v) is 1.17. The maximum atomic E-state index is 5.61. The first-order chi connectivity index (χ1) is 7.08. The smallest absolute Gasteiger partial charge is 0.123 e. The normalized spacial score (nSPS) is 10.8. The summed E-state index contributed by atoms with van der Waals surface area (Å²) in [4.78, 5) is 0. The largest absolute Gasteiger partial charge is 0.493 e. The van der Waals surface area contributed by atoms with Crippen LogP contribution in [0.15, 0.2) is 24.3 Å². The highest BCUT2D eigenvalue weighted by atomic mass is 16.5. The van der Waals surface area contributed by atoms with Gasteiger partial charge in [0.2, 0.25) is 0 Å². The van der Waals surface area contributed by atoms with E-state index < -0.39 is 0 Å². The van der Waals surface area contributed by atoms with Gasteiger partial charge in [-0.15, -0.1) is 0 Å². The minimum absolute atomic E-state index is 0.199.